The normalized spacial score (nSPS) is 17.2. The molecule has 1 aliphatic rings. The topological polar surface area (TPSA) is 32.3 Å². The van der Waals surface area contributed by atoms with Crippen LogP contribution in [0, 0.1) is 6.92 Å². The van der Waals surface area contributed by atoms with Crippen molar-refractivity contribution in [2.75, 3.05) is 11.4 Å². The summed E-state index contributed by atoms with van der Waals surface area (Å²) in [6, 6.07) is 8.02. The Balaban J connectivity index is 0.000000686. The average Bonchev–Trinajstić information content (AvgIpc) is 2.58. The molecule has 17 heavy (non-hydrogen) atoms. The van der Waals surface area contributed by atoms with E-state index in [-0.39, 0.29) is 11.6 Å². The van der Waals surface area contributed by atoms with Crippen LogP contribution in [0.5, 0.6) is 0 Å². The molecule has 1 aliphatic heterocycles. The summed E-state index contributed by atoms with van der Waals surface area (Å²) in [5, 5.41) is 2.86. The van der Waals surface area contributed by atoms with Crippen LogP contribution < -0.4 is 10.2 Å². The lowest BCUT2D eigenvalue weighted by Crippen LogP contribution is -2.42. The number of aryl methyl sites for hydroxylation is 1. The molecule has 2 rings (SSSR count). The number of nitrogens with one attached hydrogen (secondary N) is 1. The third-order valence-corrected chi connectivity index (χ3v) is 2.77. The molecule has 1 fully saturated rings. The Labute approximate surface area is 104 Å². The van der Waals surface area contributed by atoms with Crippen molar-refractivity contribution in [3.05, 3.63) is 29.8 Å². The zero-order chi connectivity index (χ0) is 13.1. The van der Waals surface area contributed by atoms with Gasteiger partial charge >= 0.3 is 6.03 Å². The monoisotopic (exact) mass is 234 g/mol. The van der Waals surface area contributed by atoms with Crippen LogP contribution in [0.1, 0.15) is 33.3 Å². The molecular weight excluding hydrogens is 212 g/mol. The number of carbonyl (C=O) groups is 1. The number of anilines is 1. The van der Waals surface area contributed by atoms with Gasteiger partial charge < -0.3 is 5.32 Å². The summed E-state index contributed by atoms with van der Waals surface area (Å²) in [4.78, 5) is 13.5. The molecule has 1 saturated heterocycles. The maximum Gasteiger partial charge on any atom is 0.322 e. The fraction of sp³-hybridized carbons (Fsp3) is 0.500. The van der Waals surface area contributed by atoms with Crippen molar-refractivity contribution in [3.8, 4) is 0 Å². The molecule has 0 bridgehead atoms. The Morgan fingerprint density at radius 2 is 1.71 bits per heavy atom. The maximum atomic E-state index is 11.7. The van der Waals surface area contributed by atoms with Gasteiger partial charge in [0.2, 0.25) is 0 Å². The summed E-state index contributed by atoms with van der Waals surface area (Å²) in [6.45, 7) is 10.9. The van der Waals surface area contributed by atoms with E-state index in [1.54, 1.807) is 0 Å². The minimum Gasteiger partial charge on any atom is -0.335 e. The highest BCUT2D eigenvalue weighted by atomic mass is 16.2. The molecule has 0 unspecified atom stereocenters. The average molecular weight is 234 g/mol. The van der Waals surface area contributed by atoms with Crippen molar-refractivity contribution in [2.45, 2.75) is 40.2 Å². The number of urea groups is 1. The van der Waals surface area contributed by atoms with E-state index < -0.39 is 0 Å². The number of benzene rings is 1. The third-order valence-electron chi connectivity index (χ3n) is 2.77. The predicted octanol–water partition coefficient (Wildman–Crippen LogP) is 3.33. The first-order valence-electron chi connectivity index (χ1n) is 6.15. The Morgan fingerprint density at radius 3 is 2.12 bits per heavy atom. The van der Waals surface area contributed by atoms with Crippen molar-refractivity contribution >= 4 is 11.7 Å². The summed E-state index contributed by atoms with van der Waals surface area (Å²) in [7, 11) is 0. The molecule has 1 aromatic rings. The first-order chi connectivity index (χ1) is 8.00. The summed E-state index contributed by atoms with van der Waals surface area (Å²) < 4.78 is 0. The summed E-state index contributed by atoms with van der Waals surface area (Å²) in [6.07, 6.45) is 0. The minimum atomic E-state index is -0.146. The zero-order valence-corrected chi connectivity index (χ0v) is 11.4. The third kappa shape index (κ3) is 2.78. The van der Waals surface area contributed by atoms with E-state index >= 15 is 0 Å². The molecule has 1 heterocycles. The summed E-state index contributed by atoms with van der Waals surface area (Å²) in [5.41, 5.74) is 2.02. The van der Waals surface area contributed by atoms with Gasteiger partial charge in [0, 0.05) is 12.2 Å². The first-order valence-corrected chi connectivity index (χ1v) is 6.15. The lowest BCUT2D eigenvalue weighted by Gasteiger charge is -2.29. The van der Waals surface area contributed by atoms with Crippen molar-refractivity contribution in [1.82, 2.24) is 5.32 Å². The zero-order valence-electron chi connectivity index (χ0n) is 11.4. The van der Waals surface area contributed by atoms with E-state index in [1.165, 1.54) is 5.56 Å². The lowest BCUT2D eigenvalue weighted by molar-refractivity contribution is 0.251. The van der Waals surface area contributed by atoms with Crippen LogP contribution in [-0.2, 0) is 0 Å². The SMILES string of the molecule is CC.Cc1ccc(N2C(=O)NCC2(C)C)cc1. The first kappa shape index (κ1) is 13.6. The van der Waals surface area contributed by atoms with E-state index in [0.29, 0.717) is 6.54 Å². The largest absolute Gasteiger partial charge is 0.335 e. The van der Waals surface area contributed by atoms with E-state index in [9.17, 15) is 4.79 Å². The summed E-state index contributed by atoms with van der Waals surface area (Å²) in [5.74, 6) is 0. The highest BCUT2D eigenvalue weighted by molar-refractivity contribution is 5.95. The van der Waals surface area contributed by atoms with Crippen LogP contribution in [0.2, 0.25) is 0 Å². The second-order valence-corrected chi connectivity index (χ2v) is 4.64. The van der Waals surface area contributed by atoms with E-state index in [4.69, 9.17) is 0 Å². The van der Waals surface area contributed by atoms with Gasteiger partial charge in [0.05, 0.1) is 5.54 Å². The Kier molecular flexibility index (Phi) is 4.16. The van der Waals surface area contributed by atoms with Crippen molar-refractivity contribution < 1.29 is 4.79 Å². The number of amides is 2. The van der Waals surface area contributed by atoms with Crippen LogP contribution in [0.25, 0.3) is 0 Å². The molecule has 0 radical (unpaired) electrons. The smallest absolute Gasteiger partial charge is 0.322 e. The number of rotatable bonds is 1. The van der Waals surface area contributed by atoms with E-state index in [0.717, 1.165) is 5.69 Å². The Morgan fingerprint density at radius 1 is 1.18 bits per heavy atom. The van der Waals surface area contributed by atoms with Gasteiger partial charge in [0.15, 0.2) is 0 Å². The quantitative estimate of drug-likeness (QED) is 0.794. The molecular formula is C14H22N2O. The lowest BCUT2D eigenvalue weighted by atomic mass is 10.0. The van der Waals surface area contributed by atoms with E-state index in [1.807, 2.05) is 49.9 Å². The highest BCUT2D eigenvalue weighted by Crippen LogP contribution is 2.27. The standard InChI is InChI=1S/C12H16N2O.C2H6/c1-9-4-6-10(7-5-9)14-11(15)13-8-12(14,2)3;1-2/h4-7H,8H2,1-3H3,(H,13,15);1-2H3. The van der Waals surface area contributed by atoms with Gasteiger partial charge in [0.25, 0.3) is 0 Å². The molecule has 0 saturated carbocycles. The van der Waals surface area contributed by atoms with Gasteiger partial charge in [-0.3, -0.25) is 4.90 Å². The predicted molar refractivity (Wildman–Crippen MR) is 72.5 cm³/mol. The maximum absolute atomic E-state index is 11.7. The van der Waals surface area contributed by atoms with Crippen molar-refractivity contribution in [1.29, 1.82) is 0 Å². The van der Waals surface area contributed by atoms with Gasteiger partial charge in [-0.05, 0) is 32.9 Å². The molecule has 2 amide bonds. The summed E-state index contributed by atoms with van der Waals surface area (Å²) >= 11 is 0. The number of hydrogen-bond donors (Lipinski definition) is 1. The van der Waals surface area contributed by atoms with Gasteiger partial charge in [-0.2, -0.15) is 0 Å². The molecule has 1 N–H and O–H groups in total. The molecule has 0 atom stereocenters. The van der Waals surface area contributed by atoms with Crippen LogP contribution in [0.3, 0.4) is 0 Å². The molecule has 0 aromatic heterocycles. The second-order valence-electron chi connectivity index (χ2n) is 4.64. The van der Waals surface area contributed by atoms with Crippen molar-refractivity contribution in [2.24, 2.45) is 0 Å². The van der Waals surface area contributed by atoms with Gasteiger partial charge in [0.1, 0.15) is 0 Å². The number of nitrogens with zero attached hydrogens (tertiary/aromatic N) is 1. The number of carbonyl (C=O) groups excluding carboxylic acids is 1. The van der Waals surface area contributed by atoms with Crippen molar-refractivity contribution in [3.63, 3.8) is 0 Å². The van der Waals surface area contributed by atoms with Crippen LogP contribution >= 0.6 is 0 Å². The molecule has 94 valence electrons. The fourth-order valence-corrected chi connectivity index (χ4v) is 1.89. The number of hydrogen-bond acceptors (Lipinski definition) is 1. The second kappa shape index (κ2) is 5.21. The van der Waals surface area contributed by atoms with E-state index in [2.05, 4.69) is 19.2 Å². The van der Waals surface area contributed by atoms with Crippen LogP contribution in [0.15, 0.2) is 24.3 Å². The molecule has 3 nitrogen and oxygen atoms in total. The van der Waals surface area contributed by atoms with Crippen LogP contribution in [-0.4, -0.2) is 18.1 Å². The highest BCUT2D eigenvalue weighted by Gasteiger charge is 2.38. The van der Waals surface area contributed by atoms with Gasteiger partial charge in [-0.15, -0.1) is 0 Å². The van der Waals surface area contributed by atoms with Gasteiger partial charge in [-0.1, -0.05) is 31.5 Å². The minimum absolute atomic E-state index is 0.0103. The van der Waals surface area contributed by atoms with Gasteiger partial charge in [-0.25, -0.2) is 4.79 Å². The Hall–Kier alpha value is -1.51. The fourth-order valence-electron chi connectivity index (χ4n) is 1.89. The molecule has 3 heteroatoms. The Bertz CT molecular complexity index is 382. The molecule has 0 spiro atoms. The molecule has 0 aliphatic carbocycles. The molecule has 1 aromatic carbocycles. The van der Waals surface area contributed by atoms with Crippen LogP contribution in [0.4, 0.5) is 10.5 Å².